The first kappa shape index (κ1) is 11.9. The van der Waals surface area contributed by atoms with Gasteiger partial charge in [0.25, 0.3) is 5.91 Å². The van der Waals surface area contributed by atoms with Crippen molar-refractivity contribution in [1.82, 2.24) is 5.32 Å². The summed E-state index contributed by atoms with van der Waals surface area (Å²) in [4.78, 5) is 11.6. The Morgan fingerprint density at radius 2 is 2.43 bits per heavy atom. The Morgan fingerprint density at radius 3 is 3.00 bits per heavy atom. The number of hydrogen-bond acceptors (Lipinski definition) is 3. The molecule has 0 aromatic heterocycles. The fraction of sp³-hybridized carbons (Fsp3) is 0.889. The molecule has 1 aliphatic heterocycles. The molecule has 0 spiro atoms. The number of alkyl halides is 1. The molecule has 2 atom stereocenters. The maximum absolute atomic E-state index is 11.6. The van der Waals surface area contributed by atoms with Crippen LogP contribution in [0.1, 0.15) is 13.3 Å². The first-order valence-electron chi connectivity index (χ1n) is 4.79. The van der Waals surface area contributed by atoms with Crippen molar-refractivity contribution in [1.29, 1.82) is 0 Å². The molecular formula is C9H16BrNO3. The summed E-state index contributed by atoms with van der Waals surface area (Å²) in [6, 6.07) is 0.174. The van der Waals surface area contributed by atoms with Crippen molar-refractivity contribution < 1.29 is 14.3 Å². The van der Waals surface area contributed by atoms with E-state index in [2.05, 4.69) is 21.2 Å². The maximum atomic E-state index is 11.6. The first-order valence-corrected chi connectivity index (χ1v) is 5.92. The molecule has 1 N–H and O–H groups in total. The zero-order chi connectivity index (χ0) is 10.4. The van der Waals surface area contributed by atoms with E-state index in [4.69, 9.17) is 9.47 Å². The van der Waals surface area contributed by atoms with Crippen LogP contribution >= 0.6 is 15.9 Å². The van der Waals surface area contributed by atoms with Crippen LogP contribution in [0.2, 0.25) is 0 Å². The molecule has 5 heteroatoms. The van der Waals surface area contributed by atoms with Gasteiger partial charge in [0.2, 0.25) is 0 Å². The highest BCUT2D eigenvalue weighted by atomic mass is 79.9. The molecule has 1 aliphatic rings. The minimum Gasteiger partial charge on any atom is -0.376 e. The second-order valence-corrected chi connectivity index (χ2v) is 4.11. The van der Waals surface area contributed by atoms with Gasteiger partial charge >= 0.3 is 0 Å². The molecule has 14 heavy (non-hydrogen) atoms. The normalized spacial score (nSPS) is 24.3. The lowest BCUT2D eigenvalue weighted by Gasteiger charge is -2.23. The van der Waals surface area contributed by atoms with E-state index in [1.54, 1.807) is 0 Å². The fourth-order valence-corrected chi connectivity index (χ4v) is 1.90. The molecule has 0 aliphatic carbocycles. The van der Waals surface area contributed by atoms with Gasteiger partial charge in [0.1, 0.15) is 0 Å². The van der Waals surface area contributed by atoms with Crippen LogP contribution in [0.25, 0.3) is 0 Å². The Bertz CT molecular complexity index is 183. The van der Waals surface area contributed by atoms with Crippen molar-refractivity contribution in [2.45, 2.75) is 25.5 Å². The van der Waals surface area contributed by atoms with Crippen LogP contribution in [-0.2, 0) is 14.3 Å². The Morgan fingerprint density at radius 1 is 1.64 bits per heavy atom. The van der Waals surface area contributed by atoms with Gasteiger partial charge in [-0.05, 0) is 13.3 Å². The van der Waals surface area contributed by atoms with E-state index in [0.29, 0.717) is 19.8 Å². The number of hydrogen-bond donors (Lipinski definition) is 1. The second kappa shape index (κ2) is 6.37. The van der Waals surface area contributed by atoms with E-state index in [1.807, 2.05) is 6.92 Å². The van der Waals surface area contributed by atoms with Crippen molar-refractivity contribution in [2.24, 2.45) is 0 Å². The summed E-state index contributed by atoms with van der Waals surface area (Å²) in [7, 11) is 0. The average molecular weight is 266 g/mol. The summed E-state index contributed by atoms with van der Waals surface area (Å²) in [5.41, 5.74) is 0. The van der Waals surface area contributed by atoms with E-state index in [0.717, 1.165) is 11.8 Å². The molecule has 0 bridgehead atoms. The van der Waals surface area contributed by atoms with Crippen LogP contribution in [0.15, 0.2) is 0 Å². The summed E-state index contributed by atoms with van der Waals surface area (Å²) in [5, 5.41) is 3.76. The van der Waals surface area contributed by atoms with Gasteiger partial charge in [0, 0.05) is 11.4 Å². The molecule has 82 valence electrons. The third-order valence-corrected chi connectivity index (χ3v) is 2.50. The molecule has 0 radical (unpaired) electrons. The molecule has 4 nitrogen and oxygen atoms in total. The number of halogens is 1. The fourth-order valence-electron chi connectivity index (χ4n) is 1.21. The van der Waals surface area contributed by atoms with Gasteiger partial charge in [-0.1, -0.05) is 15.9 Å². The van der Waals surface area contributed by atoms with Gasteiger partial charge in [-0.3, -0.25) is 4.79 Å². The van der Waals surface area contributed by atoms with Gasteiger partial charge in [0.05, 0.1) is 19.8 Å². The SMILES string of the molecule is CC(CCBr)NC(=O)C1COCCO1. The predicted octanol–water partition coefficient (Wildman–Crippen LogP) is 0.692. The second-order valence-electron chi connectivity index (χ2n) is 3.32. The zero-order valence-corrected chi connectivity index (χ0v) is 9.88. The van der Waals surface area contributed by atoms with E-state index in [9.17, 15) is 4.79 Å². The third-order valence-electron chi connectivity index (χ3n) is 2.04. The lowest BCUT2D eigenvalue weighted by Crippen LogP contribution is -2.45. The highest BCUT2D eigenvalue weighted by Gasteiger charge is 2.23. The van der Waals surface area contributed by atoms with Crippen LogP contribution in [0.4, 0.5) is 0 Å². The number of carbonyl (C=O) groups is 1. The molecule has 1 amide bonds. The molecule has 0 aromatic rings. The van der Waals surface area contributed by atoms with E-state index in [1.165, 1.54) is 0 Å². The van der Waals surface area contributed by atoms with Gasteiger partial charge in [-0.25, -0.2) is 0 Å². The van der Waals surface area contributed by atoms with Crippen molar-refractivity contribution in [2.75, 3.05) is 25.2 Å². The van der Waals surface area contributed by atoms with Crippen LogP contribution in [0.5, 0.6) is 0 Å². The van der Waals surface area contributed by atoms with E-state index >= 15 is 0 Å². The van der Waals surface area contributed by atoms with Crippen molar-refractivity contribution in [3.8, 4) is 0 Å². The average Bonchev–Trinajstić information content (AvgIpc) is 2.19. The van der Waals surface area contributed by atoms with E-state index in [-0.39, 0.29) is 11.9 Å². The molecule has 1 rings (SSSR count). The Hall–Kier alpha value is -0.130. The highest BCUT2D eigenvalue weighted by Crippen LogP contribution is 2.02. The zero-order valence-electron chi connectivity index (χ0n) is 8.29. The predicted molar refractivity (Wildman–Crippen MR) is 56.6 cm³/mol. The lowest BCUT2D eigenvalue weighted by molar-refractivity contribution is -0.148. The van der Waals surface area contributed by atoms with Crippen molar-refractivity contribution >= 4 is 21.8 Å². The number of rotatable bonds is 4. The van der Waals surface area contributed by atoms with Crippen molar-refractivity contribution in [3.05, 3.63) is 0 Å². The lowest BCUT2D eigenvalue weighted by atomic mass is 10.2. The van der Waals surface area contributed by atoms with Crippen molar-refractivity contribution in [3.63, 3.8) is 0 Å². The van der Waals surface area contributed by atoms with Crippen LogP contribution in [0, 0.1) is 0 Å². The Balaban J connectivity index is 2.25. The summed E-state index contributed by atoms with van der Waals surface area (Å²) in [6.45, 7) is 3.43. The number of nitrogens with one attached hydrogen (secondary N) is 1. The summed E-state index contributed by atoms with van der Waals surface area (Å²) in [5.74, 6) is -0.0712. The number of ether oxygens (including phenoxy) is 2. The topological polar surface area (TPSA) is 47.6 Å². The maximum Gasteiger partial charge on any atom is 0.251 e. The Kier molecular flexibility index (Phi) is 5.44. The largest absolute Gasteiger partial charge is 0.376 e. The van der Waals surface area contributed by atoms with Crippen LogP contribution in [0.3, 0.4) is 0 Å². The molecule has 1 saturated heterocycles. The number of amides is 1. The molecule has 1 fully saturated rings. The van der Waals surface area contributed by atoms with Gasteiger partial charge in [0.15, 0.2) is 6.10 Å². The molecule has 0 aromatic carbocycles. The quantitative estimate of drug-likeness (QED) is 0.762. The smallest absolute Gasteiger partial charge is 0.251 e. The Labute approximate surface area is 92.5 Å². The monoisotopic (exact) mass is 265 g/mol. The van der Waals surface area contributed by atoms with Gasteiger partial charge in [-0.2, -0.15) is 0 Å². The van der Waals surface area contributed by atoms with Gasteiger partial charge < -0.3 is 14.8 Å². The summed E-state index contributed by atoms with van der Waals surface area (Å²) < 4.78 is 10.4. The van der Waals surface area contributed by atoms with Gasteiger partial charge in [-0.15, -0.1) is 0 Å². The first-order chi connectivity index (χ1) is 6.74. The van der Waals surface area contributed by atoms with Crippen LogP contribution in [-0.4, -0.2) is 43.2 Å². The molecular weight excluding hydrogens is 250 g/mol. The standard InChI is InChI=1S/C9H16BrNO3/c1-7(2-3-10)11-9(12)8-6-13-4-5-14-8/h7-8H,2-6H2,1H3,(H,11,12). The van der Waals surface area contributed by atoms with E-state index < -0.39 is 6.10 Å². The molecule has 2 unspecified atom stereocenters. The highest BCUT2D eigenvalue weighted by molar-refractivity contribution is 9.09. The van der Waals surface area contributed by atoms with Crippen LogP contribution < -0.4 is 5.32 Å². The molecule has 1 heterocycles. The third kappa shape index (κ3) is 3.94. The minimum atomic E-state index is -0.429. The summed E-state index contributed by atoms with van der Waals surface area (Å²) in [6.07, 6.45) is 0.487. The number of carbonyl (C=O) groups excluding carboxylic acids is 1. The summed E-state index contributed by atoms with van der Waals surface area (Å²) >= 11 is 3.33. The molecule has 0 saturated carbocycles. The minimum absolute atomic E-state index is 0.0712.